The van der Waals surface area contributed by atoms with Gasteiger partial charge in [-0.25, -0.2) is 0 Å². The first-order valence-electron chi connectivity index (χ1n) is 4.14. The van der Waals surface area contributed by atoms with Crippen LogP contribution in [0.15, 0.2) is 30.3 Å². The maximum absolute atomic E-state index is 8.47. The van der Waals surface area contributed by atoms with E-state index in [4.69, 9.17) is 16.4 Å². The molecule has 0 amide bonds. The van der Waals surface area contributed by atoms with Gasteiger partial charge < -0.3 is 5.73 Å². The second kappa shape index (κ2) is 5.43. The molecule has 4 heteroatoms. The van der Waals surface area contributed by atoms with E-state index in [0.29, 0.717) is 5.75 Å². The Bertz CT molecular complexity index is 342. The van der Waals surface area contributed by atoms with Crippen LogP contribution in [0.1, 0.15) is 5.56 Å². The summed E-state index contributed by atoms with van der Waals surface area (Å²) in [5, 5.41) is 16.2. The number of nitrogens with two attached hydrogens (primary N) is 1. The maximum atomic E-state index is 8.47. The molecular weight excluding hydrogens is 194 g/mol. The van der Waals surface area contributed by atoms with Crippen molar-refractivity contribution in [1.29, 1.82) is 10.7 Å². The van der Waals surface area contributed by atoms with Crippen molar-refractivity contribution < 1.29 is 0 Å². The van der Waals surface area contributed by atoms with E-state index in [1.807, 2.05) is 36.4 Å². The summed E-state index contributed by atoms with van der Waals surface area (Å²) in [4.78, 5) is 0. The van der Waals surface area contributed by atoms with Crippen LogP contribution in [0.5, 0.6) is 0 Å². The molecule has 0 saturated heterocycles. The molecule has 72 valence electrons. The van der Waals surface area contributed by atoms with E-state index in [0.717, 1.165) is 5.56 Å². The van der Waals surface area contributed by atoms with Crippen molar-refractivity contribution >= 4 is 16.8 Å². The number of nitrogens with zero attached hydrogens (tertiary/aromatic N) is 1. The lowest BCUT2D eigenvalue weighted by Gasteiger charge is -2.04. The van der Waals surface area contributed by atoms with Gasteiger partial charge in [0.1, 0.15) is 6.04 Å². The molecule has 0 aliphatic rings. The molecule has 0 aliphatic carbocycles. The van der Waals surface area contributed by atoms with Crippen molar-refractivity contribution in [3.8, 4) is 6.07 Å². The maximum Gasteiger partial charge on any atom is 0.141 e. The third-order valence-electron chi connectivity index (χ3n) is 1.66. The Kier molecular flexibility index (Phi) is 4.17. The smallest absolute Gasteiger partial charge is 0.141 e. The van der Waals surface area contributed by atoms with Crippen LogP contribution in [-0.2, 0) is 5.75 Å². The van der Waals surface area contributed by atoms with Gasteiger partial charge >= 0.3 is 0 Å². The lowest BCUT2D eigenvalue weighted by molar-refractivity contribution is 1.10. The van der Waals surface area contributed by atoms with Crippen LogP contribution in [-0.4, -0.2) is 11.1 Å². The Morgan fingerprint density at radius 3 is 2.71 bits per heavy atom. The lowest BCUT2D eigenvalue weighted by Crippen LogP contribution is -2.25. The zero-order valence-electron chi connectivity index (χ0n) is 7.60. The fraction of sp³-hybridized carbons (Fsp3) is 0.200. The normalized spacial score (nSPS) is 11.7. The minimum atomic E-state index is -0.788. The first-order chi connectivity index (χ1) is 6.74. The molecule has 1 unspecified atom stereocenters. The molecule has 1 rings (SSSR count). The largest absolute Gasteiger partial charge is 0.310 e. The Morgan fingerprint density at radius 2 is 2.14 bits per heavy atom. The Labute approximate surface area is 87.4 Å². The van der Waals surface area contributed by atoms with Gasteiger partial charge in [-0.3, -0.25) is 5.41 Å². The number of thioether (sulfide) groups is 1. The Morgan fingerprint density at radius 1 is 1.50 bits per heavy atom. The zero-order chi connectivity index (χ0) is 10.4. The quantitative estimate of drug-likeness (QED) is 0.583. The number of rotatable bonds is 3. The average Bonchev–Trinajstić information content (AvgIpc) is 2.26. The van der Waals surface area contributed by atoms with Crippen molar-refractivity contribution in [3.05, 3.63) is 35.9 Å². The van der Waals surface area contributed by atoms with Crippen molar-refractivity contribution in [2.45, 2.75) is 11.8 Å². The summed E-state index contributed by atoms with van der Waals surface area (Å²) >= 11 is 1.30. The molecule has 0 heterocycles. The molecule has 1 atom stereocenters. The van der Waals surface area contributed by atoms with Gasteiger partial charge in [0.2, 0.25) is 0 Å². The third kappa shape index (κ3) is 3.21. The van der Waals surface area contributed by atoms with Gasteiger partial charge in [-0.05, 0) is 5.56 Å². The van der Waals surface area contributed by atoms with E-state index in [9.17, 15) is 0 Å². The first-order valence-corrected chi connectivity index (χ1v) is 5.13. The van der Waals surface area contributed by atoms with Crippen LogP contribution < -0.4 is 5.73 Å². The highest BCUT2D eigenvalue weighted by Crippen LogP contribution is 2.13. The molecule has 0 bridgehead atoms. The molecule has 0 fully saturated rings. The molecule has 1 aromatic carbocycles. The second-order valence-corrected chi connectivity index (χ2v) is 3.76. The topological polar surface area (TPSA) is 73.7 Å². The number of benzene rings is 1. The van der Waals surface area contributed by atoms with Gasteiger partial charge in [-0.15, -0.1) is 11.8 Å². The number of nitrogens with one attached hydrogen (secondary N) is 1. The highest BCUT2D eigenvalue weighted by Gasteiger charge is 2.07. The fourth-order valence-electron chi connectivity index (χ4n) is 0.884. The van der Waals surface area contributed by atoms with Crippen LogP contribution >= 0.6 is 11.8 Å². The molecule has 1 aromatic rings. The average molecular weight is 205 g/mol. The highest BCUT2D eigenvalue weighted by atomic mass is 32.2. The number of hydrogen-bond donors (Lipinski definition) is 2. The predicted octanol–water partition coefficient (Wildman–Crippen LogP) is 1.75. The molecule has 0 aliphatic heterocycles. The van der Waals surface area contributed by atoms with Gasteiger partial charge in [0, 0.05) is 5.75 Å². The Hall–Kier alpha value is -1.31. The minimum Gasteiger partial charge on any atom is -0.310 e. The molecular formula is C10H11N3S. The van der Waals surface area contributed by atoms with Crippen LogP contribution in [0.3, 0.4) is 0 Å². The predicted molar refractivity (Wildman–Crippen MR) is 59.1 cm³/mol. The monoisotopic (exact) mass is 205 g/mol. The first kappa shape index (κ1) is 10.8. The van der Waals surface area contributed by atoms with Crippen LogP contribution in [0.2, 0.25) is 0 Å². The summed E-state index contributed by atoms with van der Waals surface area (Å²) in [6.45, 7) is 0. The summed E-state index contributed by atoms with van der Waals surface area (Å²) < 4.78 is 0. The van der Waals surface area contributed by atoms with Crippen molar-refractivity contribution in [2.75, 3.05) is 0 Å². The molecule has 0 saturated carbocycles. The van der Waals surface area contributed by atoms with E-state index >= 15 is 0 Å². The van der Waals surface area contributed by atoms with Crippen molar-refractivity contribution in [1.82, 2.24) is 0 Å². The molecule has 3 nitrogen and oxygen atoms in total. The second-order valence-electron chi connectivity index (χ2n) is 2.75. The van der Waals surface area contributed by atoms with Gasteiger partial charge in [-0.1, -0.05) is 30.3 Å². The fourth-order valence-corrected chi connectivity index (χ4v) is 1.63. The summed E-state index contributed by atoms with van der Waals surface area (Å²) in [6.07, 6.45) is 0. The van der Waals surface area contributed by atoms with Gasteiger partial charge in [0.15, 0.2) is 0 Å². The third-order valence-corrected chi connectivity index (χ3v) is 2.70. The van der Waals surface area contributed by atoms with Crippen molar-refractivity contribution in [2.24, 2.45) is 5.73 Å². The highest BCUT2D eigenvalue weighted by molar-refractivity contribution is 8.13. The summed E-state index contributed by atoms with van der Waals surface area (Å²) in [5.41, 5.74) is 6.51. The molecule has 3 N–H and O–H groups in total. The van der Waals surface area contributed by atoms with E-state index < -0.39 is 6.04 Å². The van der Waals surface area contributed by atoms with Gasteiger partial charge in [0.25, 0.3) is 0 Å². The summed E-state index contributed by atoms with van der Waals surface area (Å²) in [7, 11) is 0. The molecule has 0 aromatic heterocycles. The Balaban J connectivity index is 2.43. The zero-order valence-corrected chi connectivity index (χ0v) is 8.42. The molecule has 0 spiro atoms. The van der Waals surface area contributed by atoms with Crippen LogP contribution in [0, 0.1) is 16.7 Å². The summed E-state index contributed by atoms with van der Waals surface area (Å²) in [5.74, 6) is 0.690. The van der Waals surface area contributed by atoms with Gasteiger partial charge in [-0.2, -0.15) is 5.26 Å². The van der Waals surface area contributed by atoms with E-state index in [2.05, 4.69) is 0 Å². The minimum absolute atomic E-state index is 0.219. The number of hydrogen-bond acceptors (Lipinski definition) is 4. The SMILES string of the molecule is N#CC(N)C(=N)SCc1ccccc1. The van der Waals surface area contributed by atoms with E-state index in [1.165, 1.54) is 11.8 Å². The molecule has 14 heavy (non-hydrogen) atoms. The van der Waals surface area contributed by atoms with E-state index in [1.54, 1.807) is 0 Å². The number of nitriles is 1. The van der Waals surface area contributed by atoms with Gasteiger partial charge in [0.05, 0.1) is 11.1 Å². The molecule has 0 radical (unpaired) electrons. The van der Waals surface area contributed by atoms with Crippen molar-refractivity contribution in [3.63, 3.8) is 0 Å². The standard InChI is InChI=1S/C10H11N3S/c11-6-9(12)10(13)14-7-8-4-2-1-3-5-8/h1-5,9,13H,7,12H2. The lowest BCUT2D eigenvalue weighted by atomic mass is 10.2. The summed E-state index contributed by atoms with van der Waals surface area (Å²) in [6, 6.07) is 10.9. The van der Waals surface area contributed by atoms with Crippen LogP contribution in [0.4, 0.5) is 0 Å². The van der Waals surface area contributed by atoms with Crippen LogP contribution in [0.25, 0.3) is 0 Å². The van der Waals surface area contributed by atoms with E-state index in [-0.39, 0.29) is 5.04 Å².